The summed E-state index contributed by atoms with van der Waals surface area (Å²) in [5.41, 5.74) is 0.533. The van der Waals surface area contributed by atoms with Crippen molar-refractivity contribution in [3.8, 4) is 11.5 Å². The smallest absolute Gasteiger partial charge is 0.251 e. The Kier molecular flexibility index (Phi) is 5.38. The molecule has 132 valence electrons. The molecule has 0 bridgehead atoms. The van der Waals surface area contributed by atoms with Crippen LogP contribution in [0.5, 0.6) is 11.5 Å². The number of carbonyl (C=O) groups excluding carboxylic acids is 1. The van der Waals surface area contributed by atoms with Crippen molar-refractivity contribution >= 4 is 11.7 Å². The predicted octanol–water partition coefficient (Wildman–Crippen LogP) is 2.50. The molecular formula is C19H23N3O3. The van der Waals surface area contributed by atoms with E-state index in [1.54, 1.807) is 38.6 Å². The summed E-state index contributed by atoms with van der Waals surface area (Å²) in [6.45, 7) is 1.71. The number of nitrogens with zero attached hydrogens (tertiary/aromatic N) is 2. The van der Waals surface area contributed by atoms with E-state index in [-0.39, 0.29) is 11.9 Å². The lowest BCUT2D eigenvalue weighted by Crippen LogP contribution is -2.48. The third-order valence-electron chi connectivity index (χ3n) is 4.34. The number of carbonyl (C=O) groups is 1. The molecule has 6 heteroatoms. The van der Waals surface area contributed by atoms with E-state index in [9.17, 15) is 4.79 Å². The SMILES string of the molecule is COc1cc(OC)cc(C(=O)N[C@H]2CCCN(c3ccccn3)C2)c1. The van der Waals surface area contributed by atoms with Crippen LogP contribution in [0.2, 0.25) is 0 Å². The van der Waals surface area contributed by atoms with E-state index in [1.807, 2.05) is 18.2 Å². The fourth-order valence-corrected chi connectivity index (χ4v) is 3.05. The third kappa shape index (κ3) is 4.21. The van der Waals surface area contributed by atoms with E-state index < -0.39 is 0 Å². The number of methoxy groups -OCH3 is 2. The fourth-order valence-electron chi connectivity index (χ4n) is 3.05. The molecule has 1 amide bonds. The number of hydrogen-bond donors (Lipinski definition) is 1. The van der Waals surface area contributed by atoms with Gasteiger partial charge in [0.1, 0.15) is 17.3 Å². The number of hydrogen-bond acceptors (Lipinski definition) is 5. The summed E-state index contributed by atoms with van der Waals surface area (Å²) in [4.78, 5) is 19.2. The van der Waals surface area contributed by atoms with E-state index in [0.29, 0.717) is 17.1 Å². The van der Waals surface area contributed by atoms with Gasteiger partial charge in [0.15, 0.2) is 0 Å². The molecular weight excluding hydrogens is 318 g/mol. The van der Waals surface area contributed by atoms with Crippen molar-refractivity contribution in [3.05, 3.63) is 48.2 Å². The first kappa shape index (κ1) is 17.1. The van der Waals surface area contributed by atoms with Crippen LogP contribution in [0, 0.1) is 0 Å². The summed E-state index contributed by atoms with van der Waals surface area (Å²) in [7, 11) is 3.14. The Morgan fingerprint density at radius 1 is 1.20 bits per heavy atom. The highest BCUT2D eigenvalue weighted by Crippen LogP contribution is 2.23. The van der Waals surface area contributed by atoms with Crippen LogP contribution in [0.15, 0.2) is 42.6 Å². The molecule has 1 aliphatic rings. The van der Waals surface area contributed by atoms with Gasteiger partial charge in [-0.05, 0) is 37.1 Å². The Labute approximate surface area is 147 Å². The molecule has 2 aromatic rings. The monoisotopic (exact) mass is 341 g/mol. The molecule has 0 aliphatic carbocycles. The van der Waals surface area contributed by atoms with Crippen molar-refractivity contribution in [2.24, 2.45) is 0 Å². The summed E-state index contributed by atoms with van der Waals surface area (Å²) >= 11 is 0. The van der Waals surface area contributed by atoms with Crippen molar-refractivity contribution in [1.29, 1.82) is 0 Å². The standard InChI is InChI=1S/C19H23N3O3/c1-24-16-10-14(11-17(12-16)25-2)19(23)21-15-6-5-9-22(13-15)18-7-3-4-8-20-18/h3-4,7-8,10-12,15H,5-6,9,13H2,1-2H3,(H,21,23)/t15-/m0/s1. The van der Waals surface area contributed by atoms with Crippen molar-refractivity contribution in [1.82, 2.24) is 10.3 Å². The fraction of sp³-hybridized carbons (Fsp3) is 0.368. The number of anilines is 1. The highest BCUT2D eigenvalue weighted by Gasteiger charge is 2.23. The first-order valence-corrected chi connectivity index (χ1v) is 8.39. The highest BCUT2D eigenvalue weighted by molar-refractivity contribution is 5.95. The number of pyridine rings is 1. The van der Waals surface area contributed by atoms with E-state index in [4.69, 9.17) is 9.47 Å². The molecule has 0 spiro atoms. The van der Waals surface area contributed by atoms with Crippen LogP contribution in [-0.4, -0.2) is 44.2 Å². The Balaban J connectivity index is 1.68. The first-order chi connectivity index (χ1) is 12.2. The highest BCUT2D eigenvalue weighted by atomic mass is 16.5. The quantitative estimate of drug-likeness (QED) is 0.905. The van der Waals surface area contributed by atoms with E-state index >= 15 is 0 Å². The van der Waals surface area contributed by atoms with Gasteiger partial charge in [-0.25, -0.2) is 4.98 Å². The molecule has 0 saturated carbocycles. The summed E-state index contributed by atoms with van der Waals surface area (Å²) in [6, 6.07) is 11.2. The summed E-state index contributed by atoms with van der Waals surface area (Å²) in [5.74, 6) is 2.03. The minimum Gasteiger partial charge on any atom is -0.497 e. The lowest BCUT2D eigenvalue weighted by molar-refractivity contribution is 0.0932. The van der Waals surface area contributed by atoms with Gasteiger partial charge in [0, 0.05) is 37.0 Å². The number of aromatic nitrogens is 1. The van der Waals surface area contributed by atoms with Gasteiger partial charge in [0.05, 0.1) is 14.2 Å². The second-order valence-electron chi connectivity index (χ2n) is 6.05. The zero-order valence-corrected chi connectivity index (χ0v) is 14.6. The molecule has 1 aromatic heterocycles. The lowest BCUT2D eigenvalue weighted by Gasteiger charge is -2.34. The second kappa shape index (κ2) is 7.88. The van der Waals surface area contributed by atoms with Gasteiger partial charge in [-0.3, -0.25) is 4.79 Å². The van der Waals surface area contributed by atoms with Crippen molar-refractivity contribution < 1.29 is 14.3 Å². The van der Waals surface area contributed by atoms with Crippen molar-refractivity contribution in [2.75, 3.05) is 32.2 Å². The average Bonchev–Trinajstić information content (AvgIpc) is 2.68. The van der Waals surface area contributed by atoms with E-state index in [2.05, 4.69) is 15.2 Å². The number of benzene rings is 1. The van der Waals surface area contributed by atoms with Crippen LogP contribution < -0.4 is 19.7 Å². The molecule has 1 atom stereocenters. The van der Waals surface area contributed by atoms with Crippen LogP contribution in [0.25, 0.3) is 0 Å². The molecule has 1 aliphatic heterocycles. The van der Waals surface area contributed by atoms with Crippen LogP contribution in [-0.2, 0) is 0 Å². The van der Waals surface area contributed by atoms with Crippen LogP contribution in [0.4, 0.5) is 5.82 Å². The maximum Gasteiger partial charge on any atom is 0.251 e. The van der Waals surface area contributed by atoms with Crippen molar-refractivity contribution in [2.45, 2.75) is 18.9 Å². The zero-order chi connectivity index (χ0) is 17.6. The Bertz CT molecular complexity index is 699. The number of piperidine rings is 1. The van der Waals surface area contributed by atoms with E-state index in [1.165, 1.54) is 0 Å². The zero-order valence-electron chi connectivity index (χ0n) is 14.6. The Hall–Kier alpha value is -2.76. The largest absolute Gasteiger partial charge is 0.497 e. The normalized spacial score (nSPS) is 17.0. The van der Waals surface area contributed by atoms with Crippen LogP contribution in [0.3, 0.4) is 0 Å². The molecule has 3 rings (SSSR count). The van der Waals surface area contributed by atoms with Gasteiger partial charge in [-0.2, -0.15) is 0 Å². The average molecular weight is 341 g/mol. The second-order valence-corrected chi connectivity index (χ2v) is 6.05. The number of amides is 1. The van der Waals surface area contributed by atoms with Crippen LogP contribution >= 0.6 is 0 Å². The molecule has 0 unspecified atom stereocenters. The molecule has 1 fully saturated rings. The van der Waals surface area contributed by atoms with Gasteiger partial charge in [-0.1, -0.05) is 6.07 Å². The summed E-state index contributed by atoms with van der Waals surface area (Å²) < 4.78 is 10.5. The maximum atomic E-state index is 12.6. The Morgan fingerprint density at radius 2 is 1.96 bits per heavy atom. The topological polar surface area (TPSA) is 63.7 Å². The van der Waals surface area contributed by atoms with E-state index in [0.717, 1.165) is 31.7 Å². The van der Waals surface area contributed by atoms with Gasteiger partial charge in [0.25, 0.3) is 5.91 Å². The lowest BCUT2D eigenvalue weighted by atomic mass is 10.0. The van der Waals surface area contributed by atoms with Crippen LogP contribution in [0.1, 0.15) is 23.2 Å². The summed E-state index contributed by atoms with van der Waals surface area (Å²) in [5, 5.41) is 3.12. The molecule has 1 saturated heterocycles. The van der Waals surface area contributed by atoms with Gasteiger partial charge >= 0.3 is 0 Å². The summed E-state index contributed by atoms with van der Waals surface area (Å²) in [6.07, 6.45) is 3.76. The molecule has 1 N–H and O–H groups in total. The first-order valence-electron chi connectivity index (χ1n) is 8.39. The van der Waals surface area contributed by atoms with Crippen molar-refractivity contribution in [3.63, 3.8) is 0 Å². The molecule has 0 radical (unpaired) electrons. The van der Waals surface area contributed by atoms with Gasteiger partial charge < -0.3 is 19.7 Å². The molecule has 6 nitrogen and oxygen atoms in total. The minimum atomic E-state index is -0.120. The van der Waals surface area contributed by atoms with Gasteiger partial charge in [-0.15, -0.1) is 0 Å². The molecule has 25 heavy (non-hydrogen) atoms. The molecule has 1 aromatic carbocycles. The van der Waals surface area contributed by atoms with Gasteiger partial charge in [0.2, 0.25) is 0 Å². The number of nitrogens with one attached hydrogen (secondary N) is 1. The third-order valence-corrected chi connectivity index (χ3v) is 4.34. The number of rotatable bonds is 5. The predicted molar refractivity (Wildman–Crippen MR) is 96.5 cm³/mol. The molecule has 2 heterocycles. The number of ether oxygens (including phenoxy) is 2. The maximum absolute atomic E-state index is 12.6. The Morgan fingerprint density at radius 3 is 2.60 bits per heavy atom. The minimum absolute atomic E-state index is 0.0838.